The minimum Gasteiger partial charge on any atom is -0.508 e. The maximum absolute atomic E-state index is 12.5. The van der Waals surface area contributed by atoms with Crippen molar-refractivity contribution in [2.45, 2.75) is 31.1 Å². The van der Waals surface area contributed by atoms with Gasteiger partial charge in [-0.25, -0.2) is 13.8 Å². The molecule has 2 N–H and O–H groups in total. The van der Waals surface area contributed by atoms with Crippen LogP contribution in [0.5, 0.6) is 5.75 Å². The number of aromatic hydroxyl groups is 1. The Morgan fingerprint density at radius 1 is 1.04 bits per heavy atom. The van der Waals surface area contributed by atoms with Gasteiger partial charge in [-0.3, -0.25) is 4.79 Å². The number of amides is 1. The van der Waals surface area contributed by atoms with Gasteiger partial charge in [0.2, 0.25) is 10.0 Å². The molecule has 148 valence electrons. The van der Waals surface area contributed by atoms with Crippen molar-refractivity contribution in [3.63, 3.8) is 0 Å². The molecule has 2 aromatic carbocycles. The molecule has 0 atom stereocenters. The van der Waals surface area contributed by atoms with Gasteiger partial charge in [0.15, 0.2) is 0 Å². The molecule has 0 aliphatic carbocycles. The second-order valence-corrected chi connectivity index (χ2v) is 8.47. The van der Waals surface area contributed by atoms with Crippen molar-refractivity contribution in [2.75, 3.05) is 13.1 Å². The van der Waals surface area contributed by atoms with E-state index in [1.54, 1.807) is 24.3 Å². The average Bonchev–Trinajstić information content (AvgIpc) is 3.25. The van der Waals surface area contributed by atoms with Crippen molar-refractivity contribution in [2.24, 2.45) is 5.10 Å². The summed E-state index contributed by atoms with van der Waals surface area (Å²) in [5.74, 6) is -0.262. The molecule has 1 heterocycles. The standard InChI is InChI=1S/C20H23N3O4S/c1-2-19(15-5-9-17(24)10-6-15)21-22-20(25)16-7-11-18(12-8-16)28(26,27)23-13-3-4-14-23/h5-12,24H,2-4,13-14H2,1H3,(H,22,25)/b21-19+. The number of nitrogens with one attached hydrogen (secondary N) is 1. The molecule has 28 heavy (non-hydrogen) atoms. The maximum Gasteiger partial charge on any atom is 0.271 e. The van der Waals surface area contributed by atoms with Crippen molar-refractivity contribution < 1.29 is 18.3 Å². The van der Waals surface area contributed by atoms with E-state index in [1.807, 2.05) is 6.92 Å². The van der Waals surface area contributed by atoms with Crippen molar-refractivity contribution >= 4 is 21.6 Å². The quantitative estimate of drug-likeness (QED) is 0.574. The Labute approximate surface area is 164 Å². The highest BCUT2D eigenvalue weighted by Crippen LogP contribution is 2.21. The van der Waals surface area contributed by atoms with Gasteiger partial charge in [-0.2, -0.15) is 9.41 Å². The number of hydrazone groups is 1. The fourth-order valence-electron chi connectivity index (χ4n) is 3.04. The Balaban J connectivity index is 1.71. The smallest absolute Gasteiger partial charge is 0.271 e. The molecular weight excluding hydrogens is 378 g/mol. The van der Waals surface area contributed by atoms with Gasteiger partial charge in [-0.15, -0.1) is 0 Å². The molecule has 7 nitrogen and oxygen atoms in total. The molecule has 1 saturated heterocycles. The van der Waals surface area contributed by atoms with Crippen LogP contribution in [0.4, 0.5) is 0 Å². The van der Waals surface area contributed by atoms with Crippen LogP contribution in [0.1, 0.15) is 42.1 Å². The fourth-order valence-corrected chi connectivity index (χ4v) is 4.56. The lowest BCUT2D eigenvalue weighted by Crippen LogP contribution is -2.28. The number of phenols is 1. The largest absolute Gasteiger partial charge is 0.508 e. The number of hydrogen-bond acceptors (Lipinski definition) is 5. The van der Waals surface area contributed by atoms with Crippen LogP contribution in [-0.4, -0.2) is 42.5 Å². The second kappa shape index (κ2) is 8.53. The Morgan fingerprint density at radius 2 is 1.61 bits per heavy atom. The summed E-state index contributed by atoms with van der Waals surface area (Å²) in [5, 5.41) is 13.5. The maximum atomic E-state index is 12.5. The predicted molar refractivity (Wildman–Crippen MR) is 107 cm³/mol. The zero-order valence-electron chi connectivity index (χ0n) is 15.6. The molecule has 0 saturated carbocycles. The molecule has 0 radical (unpaired) electrons. The number of rotatable bonds is 6. The molecule has 0 aromatic heterocycles. The summed E-state index contributed by atoms with van der Waals surface area (Å²) in [6.45, 7) is 2.99. The Bertz CT molecular complexity index is 962. The van der Waals surface area contributed by atoms with Crippen LogP contribution < -0.4 is 5.43 Å². The van der Waals surface area contributed by atoms with Crippen LogP contribution in [-0.2, 0) is 10.0 Å². The van der Waals surface area contributed by atoms with E-state index in [-0.39, 0.29) is 10.6 Å². The van der Waals surface area contributed by atoms with E-state index < -0.39 is 15.9 Å². The Kier molecular flexibility index (Phi) is 6.11. The molecule has 8 heteroatoms. The third-order valence-corrected chi connectivity index (χ3v) is 6.56. The van der Waals surface area contributed by atoms with Crippen LogP contribution >= 0.6 is 0 Å². The molecule has 1 fully saturated rings. The van der Waals surface area contributed by atoms with Gasteiger partial charge >= 0.3 is 0 Å². The molecule has 0 bridgehead atoms. The average molecular weight is 401 g/mol. The molecule has 0 unspecified atom stereocenters. The van der Waals surface area contributed by atoms with E-state index in [4.69, 9.17) is 0 Å². The summed E-state index contributed by atoms with van der Waals surface area (Å²) < 4.78 is 26.5. The highest BCUT2D eigenvalue weighted by molar-refractivity contribution is 7.89. The SMILES string of the molecule is CC/C(=N\NC(=O)c1ccc(S(=O)(=O)N2CCCC2)cc1)c1ccc(O)cc1. The van der Waals surface area contributed by atoms with Crippen molar-refractivity contribution in [3.05, 3.63) is 59.7 Å². The summed E-state index contributed by atoms with van der Waals surface area (Å²) in [7, 11) is -3.50. The van der Waals surface area contributed by atoms with E-state index in [0.29, 0.717) is 30.8 Å². The molecule has 3 rings (SSSR count). The second-order valence-electron chi connectivity index (χ2n) is 6.54. The first kappa shape index (κ1) is 20.0. The highest BCUT2D eigenvalue weighted by atomic mass is 32.2. The first-order valence-corrected chi connectivity index (χ1v) is 10.6. The van der Waals surface area contributed by atoms with Crippen LogP contribution in [0, 0.1) is 0 Å². The van der Waals surface area contributed by atoms with Crippen LogP contribution in [0.2, 0.25) is 0 Å². The summed E-state index contributed by atoms with van der Waals surface area (Å²) in [6, 6.07) is 12.4. The van der Waals surface area contributed by atoms with Gasteiger partial charge in [-0.1, -0.05) is 6.92 Å². The van der Waals surface area contributed by atoms with E-state index in [9.17, 15) is 18.3 Å². The van der Waals surface area contributed by atoms with Gasteiger partial charge in [0.1, 0.15) is 5.75 Å². The van der Waals surface area contributed by atoms with Crippen LogP contribution in [0.15, 0.2) is 58.5 Å². The van der Waals surface area contributed by atoms with Crippen molar-refractivity contribution in [1.29, 1.82) is 0 Å². The van der Waals surface area contributed by atoms with Gasteiger partial charge in [0.25, 0.3) is 5.91 Å². The summed E-state index contributed by atoms with van der Waals surface area (Å²) in [6.07, 6.45) is 2.34. The van der Waals surface area contributed by atoms with E-state index in [2.05, 4.69) is 10.5 Å². The lowest BCUT2D eigenvalue weighted by Gasteiger charge is -2.15. The number of nitrogens with zero attached hydrogens (tertiary/aromatic N) is 2. The number of carbonyl (C=O) groups is 1. The fraction of sp³-hybridized carbons (Fsp3) is 0.300. The van der Waals surface area contributed by atoms with Gasteiger partial charge in [0.05, 0.1) is 10.6 Å². The Hall–Kier alpha value is -2.71. The zero-order chi connectivity index (χ0) is 20.1. The molecule has 1 amide bonds. The van der Waals surface area contributed by atoms with Gasteiger partial charge < -0.3 is 5.11 Å². The van der Waals surface area contributed by atoms with Crippen molar-refractivity contribution in [3.8, 4) is 5.75 Å². The van der Waals surface area contributed by atoms with Crippen LogP contribution in [0.3, 0.4) is 0 Å². The van der Waals surface area contributed by atoms with Crippen molar-refractivity contribution in [1.82, 2.24) is 9.73 Å². The molecule has 0 spiro atoms. The zero-order valence-corrected chi connectivity index (χ0v) is 16.4. The predicted octanol–water partition coefficient (Wildman–Crippen LogP) is 2.72. The molecule has 1 aliphatic rings. The van der Waals surface area contributed by atoms with Crippen LogP contribution in [0.25, 0.3) is 0 Å². The van der Waals surface area contributed by atoms with E-state index in [0.717, 1.165) is 18.4 Å². The number of carbonyl (C=O) groups excluding carboxylic acids is 1. The minimum atomic E-state index is -3.50. The summed E-state index contributed by atoms with van der Waals surface area (Å²) >= 11 is 0. The third-order valence-electron chi connectivity index (χ3n) is 4.65. The van der Waals surface area contributed by atoms with E-state index in [1.165, 1.54) is 28.6 Å². The molecular formula is C20H23N3O4S. The molecule has 2 aromatic rings. The number of benzene rings is 2. The topological polar surface area (TPSA) is 99.1 Å². The normalized spacial score (nSPS) is 15.5. The number of sulfonamides is 1. The number of hydrogen-bond donors (Lipinski definition) is 2. The first-order chi connectivity index (χ1) is 13.4. The number of phenolic OH excluding ortho intramolecular Hbond substituents is 1. The first-order valence-electron chi connectivity index (χ1n) is 9.18. The Morgan fingerprint density at radius 3 is 2.18 bits per heavy atom. The highest BCUT2D eigenvalue weighted by Gasteiger charge is 2.27. The lowest BCUT2D eigenvalue weighted by atomic mass is 10.1. The summed E-state index contributed by atoms with van der Waals surface area (Å²) in [5.41, 5.74) is 4.29. The van der Waals surface area contributed by atoms with Gasteiger partial charge in [-0.05, 0) is 73.4 Å². The van der Waals surface area contributed by atoms with Gasteiger partial charge in [0, 0.05) is 18.7 Å². The monoisotopic (exact) mass is 401 g/mol. The van der Waals surface area contributed by atoms with E-state index >= 15 is 0 Å². The summed E-state index contributed by atoms with van der Waals surface area (Å²) in [4.78, 5) is 12.5. The molecule has 1 aliphatic heterocycles. The minimum absolute atomic E-state index is 0.159. The third kappa shape index (κ3) is 4.40. The lowest BCUT2D eigenvalue weighted by molar-refractivity contribution is 0.0954.